The number of nitrogens with two attached hydrogens (primary N) is 1. The number of carbonyl (C=O) groups excluding carboxylic acids is 2. The number of nitrogens with one attached hydrogen (secondary N) is 2. The number of hydrogen-bond donors (Lipinski definition) is 3. The number of amides is 2. The normalized spacial score (nSPS) is 15.3. The molecule has 1 atom stereocenters. The molecule has 31 heavy (non-hydrogen) atoms. The molecule has 0 bridgehead atoms. The second-order valence-corrected chi connectivity index (χ2v) is 8.53. The average Bonchev–Trinajstić information content (AvgIpc) is 2.76. The second kappa shape index (κ2) is 11.3. The van der Waals surface area contributed by atoms with Crippen molar-refractivity contribution >= 4 is 40.8 Å². The summed E-state index contributed by atoms with van der Waals surface area (Å²) in [5, 5.41) is 6.60. The maximum absolute atomic E-state index is 12.9. The maximum Gasteiger partial charge on any atom is 0.243 e. The van der Waals surface area contributed by atoms with Crippen molar-refractivity contribution in [3.8, 4) is 0 Å². The number of nitrogen functional groups attached to an aromatic ring is 1. The molecule has 166 valence electrons. The van der Waals surface area contributed by atoms with E-state index in [-0.39, 0.29) is 24.9 Å². The first-order valence-corrected chi connectivity index (χ1v) is 11.1. The number of benzene rings is 1. The van der Waals surface area contributed by atoms with Gasteiger partial charge in [0.15, 0.2) is 0 Å². The van der Waals surface area contributed by atoms with Crippen LogP contribution in [0.1, 0.15) is 30.4 Å². The standard InChI is InChI=1S/C22H27Cl2N5O2/c23-17-6-4-15(10-18(17)24)11-19(28-21(30)14-29-8-2-1-3-9-29)22(31)27-13-16-5-7-20(25)26-12-16/h4-7,10,12,19H,1-3,8-9,11,13-14H2,(H2,25,26)(H,27,31)(H,28,30). The second-order valence-electron chi connectivity index (χ2n) is 7.72. The molecule has 7 nitrogen and oxygen atoms in total. The number of hydrogen-bond acceptors (Lipinski definition) is 5. The molecular weight excluding hydrogens is 437 g/mol. The lowest BCUT2D eigenvalue weighted by atomic mass is 10.0. The van der Waals surface area contributed by atoms with Crippen molar-refractivity contribution in [1.29, 1.82) is 0 Å². The van der Waals surface area contributed by atoms with E-state index in [2.05, 4.69) is 20.5 Å². The van der Waals surface area contributed by atoms with Gasteiger partial charge in [-0.1, -0.05) is 41.8 Å². The van der Waals surface area contributed by atoms with Gasteiger partial charge in [-0.15, -0.1) is 0 Å². The number of likely N-dealkylation sites (tertiary alicyclic amines) is 1. The van der Waals surface area contributed by atoms with Crippen LogP contribution in [-0.2, 0) is 22.6 Å². The molecule has 0 spiro atoms. The fraction of sp³-hybridized carbons (Fsp3) is 0.409. The molecule has 1 fully saturated rings. The van der Waals surface area contributed by atoms with Crippen LogP contribution in [0.5, 0.6) is 0 Å². The van der Waals surface area contributed by atoms with Crippen LogP contribution in [0, 0.1) is 0 Å². The van der Waals surface area contributed by atoms with Gasteiger partial charge >= 0.3 is 0 Å². The average molecular weight is 464 g/mol. The van der Waals surface area contributed by atoms with Gasteiger partial charge in [-0.25, -0.2) is 4.98 Å². The van der Waals surface area contributed by atoms with Gasteiger partial charge in [-0.05, 0) is 55.3 Å². The number of nitrogens with zero attached hydrogens (tertiary/aromatic N) is 2. The first-order chi connectivity index (χ1) is 14.9. The highest BCUT2D eigenvalue weighted by molar-refractivity contribution is 6.42. The molecule has 1 aliphatic rings. The lowest BCUT2D eigenvalue weighted by Gasteiger charge is -2.27. The fourth-order valence-electron chi connectivity index (χ4n) is 3.53. The van der Waals surface area contributed by atoms with Gasteiger partial charge in [-0.3, -0.25) is 14.5 Å². The number of aromatic nitrogens is 1. The summed E-state index contributed by atoms with van der Waals surface area (Å²) in [7, 11) is 0. The van der Waals surface area contributed by atoms with Crippen LogP contribution in [0.25, 0.3) is 0 Å². The van der Waals surface area contributed by atoms with Gasteiger partial charge in [-0.2, -0.15) is 0 Å². The Balaban J connectivity index is 1.65. The Morgan fingerprint density at radius 3 is 2.48 bits per heavy atom. The van der Waals surface area contributed by atoms with Crippen molar-refractivity contribution in [3.05, 3.63) is 57.7 Å². The number of halogens is 2. The van der Waals surface area contributed by atoms with Crippen LogP contribution in [-0.4, -0.2) is 47.4 Å². The molecule has 1 saturated heterocycles. The lowest BCUT2D eigenvalue weighted by Crippen LogP contribution is -2.50. The van der Waals surface area contributed by atoms with E-state index in [0.29, 0.717) is 22.3 Å². The zero-order chi connectivity index (χ0) is 22.2. The van der Waals surface area contributed by atoms with E-state index < -0.39 is 6.04 Å². The molecule has 9 heteroatoms. The Morgan fingerprint density at radius 2 is 1.81 bits per heavy atom. The summed E-state index contributed by atoms with van der Waals surface area (Å²) >= 11 is 12.1. The van der Waals surface area contributed by atoms with Gasteiger partial charge in [0.2, 0.25) is 11.8 Å². The summed E-state index contributed by atoms with van der Waals surface area (Å²) in [4.78, 5) is 31.7. The number of carbonyl (C=O) groups is 2. The number of pyridine rings is 1. The van der Waals surface area contributed by atoms with Crippen molar-refractivity contribution in [1.82, 2.24) is 20.5 Å². The number of piperidine rings is 1. The Kier molecular flexibility index (Phi) is 8.51. The van der Waals surface area contributed by atoms with Crippen molar-refractivity contribution < 1.29 is 9.59 Å². The van der Waals surface area contributed by atoms with E-state index in [9.17, 15) is 9.59 Å². The van der Waals surface area contributed by atoms with E-state index in [1.165, 1.54) is 6.42 Å². The Hall–Kier alpha value is -2.35. The Bertz CT molecular complexity index is 901. The molecule has 0 saturated carbocycles. The highest BCUT2D eigenvalue weighted by atomic mass is 35.5. The molecule has 1 aromatic carbocycles. The van der Waals surface area contributed by atoms with Gasteiger partial charge < -0.3 is 16.4 Å². The minimum absolute atomic E-state index is 0.170. The van der Waals surface area contributed by atoms with Crippen LogP contribution in [0.15, 0.2) is 36.5 Å². The molecule has 0 aliphatic carbocycles. The molecule has 2 aromatic rings. The summed E-state index contributed by atoms with van der Waals surface area (Å²) < 4.78 is 0. The summed E-state index contributed by atoms with van der Waals surface area (Å²) in [6.45, 7) is 2.38. The zero-order valence-electron chi connectivity index (χ0n) is 17.2. The summed E-state index contributed by atoms with van der Waals surface area (Å²) in [5.41, 5.74) is 7.22. The third-order valence-corrected chi connectivity index (χ3v) is 5.94. The predicted octanol–water partition coefficient (Wildman–Crippen LogP) is 2.80. The first-order valence-electron chi connectivity index (χ1n) is 10.3. The fourth-order valence-corrected chi connectivity index (χ4v) is 3.85. The third kappa shape index (κ3) is 7.38. The first kappa shape index (κ1) is 23.3. The van der Waals surface area contributed by atoms with Crippen molar-refractivity contribution in [2.45, 2.75) is 38.3 Å². The lowest BCUT2D eigenvalue weighted by molar-refractivity contribution is -0.129. The minimum Gasteiger partial charge on any atom is -0.384 e. The largest absolute Gasteiger partial charge is 0.384 e. The van der Waals surface area contributed by atoms with Gasteiger partial charge in [0, 0.05) is 19.2 Å². The van der Waals surface area contributed by atoms with Gasteiger partial charge in [0.25, 0.3) is 0 Å². The van der Waals surface area contributed by atoms with E-state index in [0.717, 1.165) is 37.1 Å². The Morgan fingerprint density at radius 1 is 1.06 bits per heavy atom. The summed E-state index contributed by atoms with van der Waals surface area (Å²) in [6, 6.07) is 7.93. The third-order valence-electron chi connectivity index (χ3n) is 5.21. The maximum atomic E-state index is 12.9. The van der Waals surface area contributed by atoms with Crippen LogP contribution >= 0.6 is 23.2 Å². The summed E-state index contributed by atoms with van der Waals surface area (Å²) in [5.74, 6) is -0.0382. The van der Waals surface area contributed by atoms with E-state index in [1.54, 1.807) is 36.5 Å². The van der Waals surface area contributed by atoms with Crippen molar-refractivity contribution in [3.63, 3.8) is 0 Å². The van der Waals surface area contributed by atoms with E-state index >= 15 is 0 Å². The molecule has 1 aliphatic heterocycles. The topological polar surface area (TPSA) is 100 Å². The quantitative estimate of drug-likeness (QED) is 0.558. The van der Waals surface area contributed by atoms with Crippen LogP contribution in [0.3, 0.4) is 0 Å². The van der Waals surface area contributed by atoms with Gasteiger partial charge in [0.1, 0.15) is 11.9 Å². The SMILES string of the molecule is Nc1ccc(CNC(=O)C(Cc2ccc(Cl)c(Cl)c2)NC(=O)CN2CCCCC2)cn1. The molecule has 2 amide bonds. The molecule has 1 aromatic heterocycles. The molecular formula is C22H27Cl2N5O2. The van der Waals surface area contributed by atoms with E-state index in [1.807, 2.05) is 0 Å². The highest BCUT2D eigenvalue weighted by Gasteiger charge is 2.23. The zero-order valence-corrected chi connectivity index (χ0v) is 18.8. The number of rotatable bonds is 8. The van der Waals surface area contributed by atoms with Crippen LogP contribution in [0.2, 0.25) is 10.0 Å². The van der Waals surface area contributed by atoms with Crippen molar-refractivity contribution in [2.24, 2.45) is 0 Å². The molecule has 3 rings (SSSR count). The molecule has 1 unspecified atom stereocenters. The summed E-state index contributed by atoms with van der Waals surface area (Å²) in [6.07, 6.45) is 5.29. The highest BCUT2D eigenvalue weighted by Crippen LogP contribution is 2.23. The number of anilines is 1. The molecule has 2 heterocycles. The van der Waals surface area contributed by atoms with E-state index in [4.69, 9.17) is 28.9 Å². The molecule has 4 N–H and O–H groups in total. The van der Waals surface area contributed by atoms with Crippen LogP contribution in [0.4, 0.5) is 5.82 Å². The minimum atomic E-state index is -0.740. The predicted molar refractivity (Wildman–Crippen MR) is 123 cm³/mol. The van der Waals surface area contributed by atoms with Crippen molar-refractivity contribution in [2.75, 3.05) is 25.4 Å². The smallest absolute Gasteiger partial charge is 0.243 e. The van der Waals surface area contributed by atoms with Crippen LogP contribution < -0.4 is 16.4 Å². The molecule has 0 radical (unpaired) electrons. The Labute approximate surface area is 192 Å². The monoisotopic (exact) mass is 463 g/mol. The van der Waals surface area contributed by atoms with Gasteiger partial charge in [0.05, 0.1) is 16.6 Å².